The van der Waals surface area contributed by atoms with E-state index in [-0.39, 0.29) is 0 Å². The molecule has 0 amide bonds. The number of hydrogen-bond donors (Lipinski definition) is 0. The average molecular weight is 120 g/mol. The Bertz CT molecular complexity index is 254. The fraction of sp³-hybridized carbons (Fsp3) is 0.167. The van der Waals surface area contributed by atoms with Crippen LogP contribution in [0.4, 0.5) is 0 Å². The lowest BCUT2D eigenvalue weighted by molar-refractivity contribution is -0.683. The molecule has 0 saturated heterocycles. The highest BCUT2D eigenvalue weighted by atomic mass is 15.4. The van der Waals surface area contributed by atoms with Gasteiger partial charge in [0.2, 0.25) is 0 Å². The van der Waals surface area contributed by atoms with Gasteiger partial charge in [0.25, 0.3) is 0 Å². The van der Waals surface area contributed by atoms with Crippen LogP contribution in [0.5, 0.6) is 0 Å². The summed E-state index contributed by atoms with van der Waals surface area (Å²) in [6.07, 6.45) is 6.38. The lowest BCUT2D eigenvalue weighted by Gasteiger charge is -1.82. The molecule has 2 heterocycles. The molecule has 2 rings (SSSR count). The fourth-order valence-electron chi connectivity index (χ4n) is 0.856. The van der Waals surface area contributed by atoms with E-state index in [4.69, 9.17) is 0 Å². The van der Waals surface area contributed by atoms with Gasteiger partial charge >= 0.3 is 5.82 Å². The number of aromatic nitrogens is 2. The number of rotatable bonds is 0. The summed E-state index contributed by atoms with van der Waals surface area (Å²) in [5.41, 5.74) is 0. The largest absolute Gasteiger partial charge is 0.328 e. The third-order valence-corrected chi connectivity index (χ3v) is 1.28. The lowest BCUT2D eigenvalue weighted by Crippen LogP contribution is -2.28. The van der Waals surface area contributed by atoms with Crippen molar-refractivity contribution in [3.05, 3.63) is 24.3 Å². The van der Waals surface area contributed by atoms with Crippen molar-refractivity contribution >= 4 is 6.21 Å². The summed E-state index contributed by atoms with van der Waals surface area (Å²) in [6, 6.07) is 1.87. The first-order valence-corrected chi connectivity index (χ1v) is 2.85. The van der Waals surface area contributed by atoms with Crippen LogP contribution in [0.15, 0.2) is 23.6 Å². The van der Waals surface area contributed by atoms with E-state index >= 15 is 0 Å². The minimum absolute atomic E-state index is 0.862. The second-order valence-corrected chi connectivity index (χ2v) is 1.88. The maximum absolute atomic E-state index is 4.10. The highest BCUT2D eigenvalue weighted by Gasteiger charge is 2.12. The SMILES string of the molecule is C1=N[n+]2cccnc2C1. The predicted octanol–water partition coefficient (Wildman–Crippen LogP) is -0.241. The monoisotopic (exact) mass is 120 g/mol. The maximum Gasteiger partial charge on any atom is 0.328 e. The predicted molar refractivity (Wildman–Crippen MR) is 32.0 cm³/mol. The molecule has 0 aromatic carbocycles. The van der Waals surface area contributed by atoms with Crippen molar-refractivity contribution in [1.82, 2.24) is 4.98 Å². The number of nitrogens with zero attached hydrogens (tertiary/aromatic N) is 3. The second-order valence-electron chi connectivity index (χ2n) is 1.88. The number of fused-ring (bicyclic) bond motifs is 1. The van der Waals surface area contributed by atoms with Gasteiger partial charge in [0.15, 0.2) is 0 Å². The minimum Gasteiger partial charge on any atom is -0.105 e. The zero-order valence-corrected chi connectivity index (χ0v) is 4.86. The lowest BCUT2D eigenvalue weighted by atomic mass is 10.4. The van der Waals surface area contributed by atoms with E-state index in [2.05, 4.69) is 10.1 Å². The van der Waals surface area contributed by atoms with Crippen molar-refractivity contribution in [2.45, 2.75) is 6.42 Å². The topological polar surface area (TPSA) is 29.1 Å². The maximum atomic E-state index is 4.10. The van der Waals surface area contributed by atoms with Crippen LogP contribution in [0.3, 0.4) is 0 Å². The van der Waals surface area contributed by atoms with Gasteiger partial charge in [0, 0.05) is 6.07 Å². The normalized spacial score (nSPS) is 13.8. The Labute approximate surface area is 52.7 Å². The van der Waals surface area contributed by atoms with E-state index in [1.54, 1.807) is 10.9 Å². The van der Waals surface area contributed by atoms with Crippen LogP contribution in [0, 0.1) is 0 Å². The van der Waals surface area contributed by atoms with Crippen molar-refractivity contribution < 1.29 is 4.68 Å². The van der Waals surface area contributed by atoms with Gasteiger partial charge < -0.3 is 0 Å². The van der Waals surface area contributed by atoms with E-state index in [1.807, 2.05) is 18.5 Å². The molecule has 0 atom stereocenters. The molecule has 3 heteroatoms. The zero-order valence-electron chi connectivity index (χ0n) is 4.86. The summed E-state index contributed by atoms with van der Waals surface area (Å²) in [5, 5.41) is 4.03. The van der Waals surface area contributed by atoms with Crippen molar-refractivity contribution in [1.29, 1.82) is 0 Å². The Morgan fingerprint density at radius 2 is 2.56 bits per heavy atom. The van der Waals surface area contributed by atoms with Gasteiger partial charge in [-0.1, -0.05) is 10.1 Å². The molecule has 0 bridgehead atoms. The van der Waals surface area contributed by atoms with Crippen LogP contribution >= 0.6 is 0 Å². The molecule has 0 spiro atoms. The molecule has 1 aliphatic heterocycles. The summed E-state index contributed by atoms with van der Waals surface area (Å²) >= 11 is 0. The molecular weight excluding hydrogens is 114 g/mol. The zero-order chi connectivity index (χ0) is 6.10. The Morgan fingerprint density at radius 3 is 3.44 bits per heavy atom. The molecule has 44 valence electrons. The van der Waals surface area contributed by atoms with E-state index < -0.39 is 0 Å². The summed E-state index contributed by atoms with van der Waals surface area (Å²) in [6.45, 7) is 0. The van der Waals surface area contributed by atoms with Crippen molar-refractivity contribution in [3.63, 3.8) is 0 Å². The minimum atomic E-state index is 0.862. The van der Waals surface area contributed by atoms with E-state index in [9.17, 15) is 0 Å². The molecule has 0 aliphatic carbocycles. The average Bonchev–Trinajstić information content (AvgIpc) is 2.33. The molecule has 1 aromatic heterocycles. The van der Waals surface area contributed by atoms with Gasteiger partial charge in [-0.25, -0.2) is 0 Å². The molecule has 0 radical (unpaired) electrons. The van der Waals surface area contributed by atoms with E-state index in [1.165, 1.54) is 0 Å². The van der Waals surface area contributed by atoms with Gasteiger partial charge in [-0.15, -0.1) is 4.68 Å². The molecule has 1 aliphatic rings. The van der Waals surface area contributed by atoms with E-state index in [0.717, 1.165) is 12.2 Å². The van der Waals surface area contributed by atoms with Crippen LogP contribution in [0.2, 0.25) is 0 Å². The van der Waals surface area contributed by atoms with Crippen molar-refractivity contribution in [2.75, 3.05) is 0 Å². The first-order chi connectivity index (χ1) is 4.47. The molecule has 1 aromatic rings. The van der Waals surface area contributed by atoms with Crippen LogP contribution in [0.1, 0.15) is 5.82 Å². The van der Waals surface area contributed by atoms with Crippen LogP contribution < -0.4 is 4.68 Å². The number of hydrogen-bond acceptors (Lipinski definition) is 2. The molecule has 0 fully saturated rings. The van der Waals surface area contributed by atoms with Crippen LogP contribution in [0.25, 0.3) is 0 Å². The van der Waals surface area contributed by atoms with Gasteiger partial charge in [-0.05, 0) is 0 Å². The molecule has 3 nitrogen and oxygen atoms in total. The van der Waals surface area contributed by atoms with Gasteiger partial charge in [-0.2, -0.15) is 0 Å². The highest BCUT2D eigenvalue weighted by molar-refractivity contribution is 5.59. The van der Waals surface area contributed by atoms with Gasteiger partial charge in [-0.3, -0.25) is 0 Å². The molecular formula is C6H6N3+. The Morgan fingerprint density at radius 1 is 1.56 bits per heavy atom. The molecule has 9 heavy (non-hydrogen) atoms. The Hall–Kier alpha value is -1.25. The fourth-order valence-corrected chi connectivity index (χ4v) is 0.856. The quantitative estimate of drug-likeness (QED) is 0.434. The molecule has 0 N–H and O–H groups in total. The highest BCUT2D eigenvalue weighted by Crippen LogP contribution is 1.89. The Balaban J connectivity index is 2.63. The Kier molecular flexibility index (Phi) is 0.828. The third-order valence-electron chi connectivity index (χ3n) is 1.28. The second kappa shape index (κ2) is 1.62. The van der Waals surface area contributed by atoms with Crippen LogP contribution in [-0.4, -0.2) is 11.2 Å². The van der Waals surface area contributed by atoms with Crippen molar-refractivity contribution in [3.8, 4) is 0 Å². The standard InChI is InChI=1S/C6H6N3/c1-3-7-6-2-4-8-9(6)5-1/h1,3-5H,2H2/q+1. The van der Waals surface area contributed by atoms with Crippen LogP contribution in [-0.2, 0) is 6.42 Å². The molecule has 0 saturated carbocycles. The summed E-state index contributed by atoms with van der Waals surface area (Å²) in [4.78, 5) is 4.10. The van der Waals surface area contributed by atoms with E-state index in [0.29, 0.717) is 0 Å². The first-order valence-electron chi connectivity index (χ1n) is 2.85. The third kappa shape index (κ3) is 0.614. The summed E-state index contributed by atoms with van der Waals surface area (Å²) < 4.78 is 1.78. The summed E-state index contributed by atoms with van der Waals surface area (Å²) in [5.74, 6) is 1.01. The van der Waals surface area contributed by atoms with Gasteiger partial charge in [0.1, 0.15) is 12.4 Å². The smallest absolute Gasteiger partial charge is 0.105 e. The van der Waals surface area contributed by atoms with Crippen molar-refractivity contribution in [2.24, 2.45) is 5.10 Å². The first kappa shape index (κ1) is 4.61. The summed E-state index contributed by atoms with van der Waals surface area (Å²) in [7, 11) is 0. The molecule has 0 unspecified atom stereocenters. The van der Waals surface area contributed by atoms with Gasteiger partial charge in [0.05, 0.1) is 12.6 Å².